The average molecular weight is 265 g/mol. The van der Waals surface area contributed by atoms with Crippen LogP contribution in [0.4, 0.5) is 0 Å². The molecular formula is C14H23N3O2. The Morgan fingerprint density at radius 3 is 2.89 bits per heavy atom. The van der Waals surface area contributed by atoms with Gasteiger partial charge in [-0.3, -0.25) is 9.48 Å². The molecule has 1 aliphatic heterocycles. The second-order valence-electron chi connectivity index (χ2n) is 5.00. The molecule has 2 rings (SSSR count). The third-order valence-electron chi connectivity index (χ3n) is 3.66. The highest BCUT2D eigenvalue weighted by Crippen LogP contribution is 2.21. The fraction of sp³-hybridized carbons (Fsp3) is 0.714. The second-order valence-corrected chi connectivity index (χ2v) is 5.00. The van der Waals surface area contributed by atoms with Crippen molar-refractivity contribution in [3.8, 4) is 0 Å². The van der Waals surface area contributed by atoms with Gasteiger partial charge in [-0.2, -0.15) is 5.10 Å². The van der Waals surface area contributed by atoms with Crippen LogP contribution in [-0.2, 0) is 28.9 Å². The Balaban J connectivity index is 2.00. The Kier molecular flexibility index (Phi) is 4.71. The molecule has 2 N–H and O–H groups in total. The second kappa shape index (κ2) is 6.30. The third-order valence-corrected chi connectivity index (χ3v) is 3.66. The van der Waals surface area contributed by atoms with E-state index in [2.05, 4.69) is 12.0 Å². The van der Waals surface area contributed by atoms with Gasteiger partial charge >= 0.3 is 0 Å². The first kappa shape index (κ1) is 14.2. The zero-order valence-corrected chi connectivity index (χ0v) is 11.8. The van der Waals surface area contributed by atoms with Crippen molar-refractivity contribution in [2.45, 2.75) is 58.3 Å². The summed E-state index contributed by atoms with van der Waals surface area (Å²) in [4.78, 5) is 12.2. The first-order chi connectivity index (χ1) is 9.17. The molecule has 1 fully saturated rings. The molecule has 0 radical (unpaired) electrons. The molecule has 5 nitrogen and oxygen atoms in total. The Morgan fingerprint density at radius 2 is 2.32 bits per heavy atom. The number of hydrogen-bond donors (Lipinski definition) is 1. The van der Waals surface area contributed by atoms with Gasteiger partial charge in [0.15, 0.2) is 5.78 Å². The molecule has 5 heteroatoms. The fourth-order valence-corrected chi connectivity index (χ4v) is 2.51. The van der Waals surface area contributed by atoms with Crippen molar-refractivity contribution in [2.75, 3.05) is 6.54 Å². The maximum atomic E-state index is 12.2. The Morgan fingerprint density at radius 1 is 1.53 bits per heavy atom. The van der Waals surface area contributed by atoms with E-state index < -0.39 is 0 Å². The van der Waals surface area contributed by atoms with E-state index in [1.807, 2.05) is 17.7 Å². The van der Waals surface area contributed by atoms with Crippen LogP contribution >= 0.6 is 0 Å². The Bertz CT molecular complexity index is 442. The van der Waals surface area contributed by atoms with Crippen LogP contribution in [0.2, 0.25) is 0 Å². The molecule has 0 spiro atoms. The van der Waals surface area contributed by atoms with Gasteiger partial charge in [0.05, 0.1) is 18.2 Å². The van der Waals surface area contributed by atoms with Crippen molar-refractivity contribution in [1.82, 2.24) is 9.78 Å². The van der Waals surface area contributed by atoms with E-state index in [1.54, 1.807) is 0 Å². The van der Waals surface area contributed by atoms with Gasteiger partial charge in [-0.15, -0.1) is 0 Å². The number of nitrogens with zero attached hydrogens (tertiary/aromatic N) is 2. The van der Waals surface area contributed by atoms with Gasteiger partial charge in [-0.05, 0) is 32.3 Å². The van der Waals surface area contributed by atoms with E-state index in [-0.39, 0.29) is 18.0 Å². The fourth-order valence-electron chi connectivity index (χ4n) is 2.51. The lowest BCUT2D eigenvalue weighted by Crippen LogP contribution is -2.26. The zero-order chi connectivity index (χ0) is 13.8. The van der Waals surface area contributed by atoms with E-state index >= 15 is 0 Å². The monoisotopic (exact) mass is 265 g/mol. The summed E-state index contributed by atoms with van der Waals surface area (Å²) >= 11 is 0. The highest BCUT2D eigenvalue weighted by Gasteiger charge is 2.30. The van der Waals surface area contributed by atoms with E-state index in [4.69, 9.17) is 10.5 Å². The SMILES string of the molecule is CCc1cc(CC(=O)C2CCC(CN)O2)n(CC)n1. The lowest BCUT2D eigenvalue weighted by Gasteiger charge is -2.11. The number of Topliss-reactive ketones (excluding diaryl/α,β-unsaturated/α-hetero) is 1. The number of aryl methyl sites for hydroxylation is 2. The van der Waals surface area contributed by atoms with E-state index in [9.17, 15) is 4.79 Å². The number of hydrogen-bond acceptors (Lipinski definition) is 4. The summed E-state index contributed by atoms with van der Waals surface area (Å²) in [6, 6.07) is 2.02. The summed E-state index contributed by atoms with van der Waals surface area (Å²) in [6.07, 6.45) is 2.75. The van der Waals surface area contributed by atoms with Gasteiger partial charge in [0.1, 0.15) is 6.10 Å². The number of nitrogens with two attached hydrogens (primary N) is 1. The minimum Gasteiger partial charge on any atom is -0.366 e. The molecule has 1 aromatic rings. The number of aromatic nitrogens is 2. The van der Waals surface area contributed by atoms with Crippen LogP contribution in [0.25, 0.3) is 0 Å². The summed E-state index contributed by atoms with van der Waals surface area (Å²) in [5.41, 5.74) is 7.59. The van der Waals surface area contributed by atoms with Crippen molar-refractivity contribution in [3.63, 3.8) is 0 Å². The lowest BCUT2D eigenvalue weighted by molar-refractivity contribution is -0.129. The standard InChI is InChI=1S/C14H23N3O2/c1-3-10-7-11(17(4-2)16-10)8-13(18)14-6-5-12(9-15)19-14/h7,12,14H,3-6,8-9,15H2,1-2H3. The molecule has 0 aromatic carbocycles. The van der Waals surface area contributed by atoms with Crippen molar-refractivity contribution in [1.29, 1.82) is 0 Å². The van der Waals surface area contributed by atoms with E-state index in [1.165, 1.54) is 0 Å². The maximum Gasteiger partial charge on any atom is 0.167 e. The summed E-state index contributed by atoms with van der Waals surface area (Å²) < 4.78 is 7.56. The van der Waals surface area contributed by atoms with Crippen molar-refractivity contribution in [2.24, 2.45) is 5.73 Å². The van der Waals surface area contributed by atoms with Gasteiger partial charge in [-0.25, -0.2) is 0 Å². The number of carbonyl (C=O) groups is 1. The van der Waals surface area contributed by atoms with Crippen LogP contribution in [0.1, 0.15) is 38.1 Å². The van der Waals surface area contributed by atoms with Crippen LogP contribution in [0.15, 0.2) is 6.07 Å². The molecule has 2 heterocycles. The van der Waals surface area contributed by atoms with Crippen molar-refractivity contribution in [3.05, 3.63) is 17.5 Å². The molecule has 0 aliphatic carbocycles. The number of rotatable bonds is 6. The highest BCUT2D eigenvalue weighted by molar-refractivity contribution is 5.85. The third kappa shape index (κ3) is 3.22. The molecular weight excluding hydrogens is 242 g/mol. The molecule has 106 valence electrons. The molecule has 1 aliphatic rings. The summed E-state index contributed by atoms with van der Waals surface area (Å²) in [5.74, 6) is 0.146. The zero-order valence-electron chi connectivity index (χ0n) is 11.8. The molecule has 0 saturated carbocycles. The normalized spacial score (nSPS) is 22.9. The topological polar surface area (TPSA) is 70.1 Å². The minimum atomic E-state index is -0.279. The molecule has 0 amide bonds. The molecule has 1 aromatic heterocycles. The predicted molar refractivity (Wildman–Crippen MR) is 72.9 cm³/mol. The average Bonchev–Trinajstić information content (AvgIpc) is 3.04. The molecule has 0 bridgehead atoms. The van der Waals surface area contributed by atoms with Gasteiger partial charge in [0, 0.05) is 18.8 Å². The highest BCUT2D eigenvalue weighted by atomic mass is 16.5. The molecule has 2 atom stereocenters. The first-order valence-corrected chi connectivity index (χ1v) is 7.11. The summed E-state index contributed by atoms with van der Waals surface area (Å²) in [6.45, 7) is 5.40. The number of ether oxygens (including phenoxy) is 1. The van der Waals surface area contributed by atoms with Gasteiger partial charge in [0.2, 0.25) is 0 Å². The van der Waals surface area contributed by atoms with Crippen molar-refractivity contribution >= 4 is 5.78 Å². The minimum absolute atomic E-state index is 0.0521. The molecule has 19 heavy (non-hydrogen) atoms. The van der Waals surface area contributed by atoms with E-state index in [0.717, 1.165) is 37.2 Å². The number of ketones is 1. The smallest absolute Gasteiger partial charge is 0.167 e. The quantitative estimate of drug-likeness (QED) is 0.835. The van der Waals surface area contributed by atoms with E-state index in [0.29, 0.717) is 13.0 Å². The Hall–Kier alpha value is -1.20. The number of carbonyl (C=O) groups excluding carboxylic acids is 1. The maximum absolute atomic E-state index is 12.2. The predicted octanol–water partition coefficient (Wildman–Crippen LogP) is 1.08. The largest absolute Gasteiger partial charge is 0.366 e. The van der Waals surface area contributed by atoms with Crippen LogP contribution in [0.5, 0.6) is 0 Å². The summed E-state index contributed by atoms with van der Waals surface area (Å²) in [5, 5.41) is 4.46. The van der Waals surface area contributed by atoms with Gasteiger partial charge in [0.25, 0.3) is 0 Å². The lowest BCUT2D eigenvalue weighted by atomic mass is 10.1. The van der Waals surface area contributed by atoms with Gasteiger partial charge in [-0.1, -0.05) is 6.92 Å². The van der Waals surface area contributed by atoms with Crippen LogP contribution in [-0.4, -0.2) is 34.3 Å². The Labute approximate surface area is 114 Å². The summed E-state index contributed by atoms with van der Waals surface area (Å²) in [7, 11) is 0. The van der Waals surface area contributed by atoms with Crippen LogP contribution in [0.3, 0.4) is 0 Å². The molecule has 1 saturated heterocycles. The van der Waals surface area contributed by atoms with Gasteiger partial charge < -0.3 is 10.5 Å². The van der Waals surface area contributed by atoms with Crippen LogP contribution < -0.4 is 5.73 Å². The first-order valence-electron chi connectivity index (χ1n) is 7.11. The van der Waals surface area contributed by atoms with Crippen LogP contribution in [0, 0.1) is 0 Å². The molecule has 2 unspecified atom stereocenters. The van der Waals surface area contributed by atoms with Crippen molar-refractivity contribution < 1.29 is 9.53 Å².